The molecule has 2 N–H and O–H groups in total. The van der Waals surface area contributed by atoms with Gasteiger partial charge in [-0.1, -0.05) is 44.0 Å². The van der Waals surface area contributed by atoms with Crippen molar-refractivity contribution in [3.05, 3.63) is 35.4 Å². The van der Waals surface area contributed by atoms with Crippen molar-refractivity contribution in [3.8, 4) is 0 Å². The molecule has 1 saturated carbocycles. The van der Waals surface area contributed by atoms with Gasteiger partial charge in [-0.05, 0) is 29.9 Å². The number of benzene rings is 1. The topological polar surface area (TPSA) is 49.3 Å². The van der Waals surface area contributed by atoms with E-state index < -0.39 is 5.97 Å². The van der Waals surface area contributed by atoms with Gasteiger partial charge >= 0.3 is 5.97 Å². The van der Waals surface area contributed by atoms with Crippen molar-refractivity contribution >= 4 is 5.97 Å². The Bertz CT molecular complexity index is 427. The quantitative estimate of drug-likeness (QED) is 0.756. The minimum atomic E-state index is -0.766. The Morgan fingerprint density at radius 2 is 2.05 bits per heavy atom. The van der Waals surface area contributed by atoms with Crippen molar-refractivity contribution in [2.75, 3.05) is 0 Å². The molecule has 1 aromatic rings. The summed E-state index contributed by atoms with van der Waals surface area (Å²) < 4.78 is 0. The van der Waals surface area contributed by atoms with Gasteiger partial charge in [-0.2, -0.15) is 0 Å². The molecular formula is C16H23NO2. The van der Waals surface area contributed by atoms with Crippen LogP contribution in [0.1, 0.15) is 43.7 Å². The molecule has 3 heteroatoms. The van der Waals surface area contributed by atoms with Crippen LogP contribution in [0.5, 0.6) is 0 Å². The molecule has 0 spiro atoms. The van der Waals surface area contributed by atoms with Gasteiger partial charge in [0.15, 0.2) is 0 Å². The van der Waals surface area contributed by atoms with Crippen LogP contribution in [0.25, 0.3) is 0 Å². The Kier molecular flexibility index (Phi) is 4.97. The van der Waals surface area contributed by atoms with Crippen molar-refractivity contribution in [3.63, 3.8) is 0 Å². The molecule has 0 amide bonds. The Balaban J connectivity index is 1.91. The molecule has 1 aromatic carbocycles. The van der Waals surface area contributed by atoms with Crippen molar-refractivity contribution in [1.29, 1.82) is 0 Å². The number of rotatable bonds is 8. The summed E-state index contributed by atoms with van der Waals surface area (Å²) >= 11 is 0. The lowest BCUT2D eigenvalue weighted by molar-refractivity contribution is -0.136. The van der Waals surface area contributed by atoms with Crippen molar-refractivity contribution in [2.45, 2.75) is 51.6 Å². The molecular weight excluding hydrogens is 238 g/mol. The highest BCUT2D eigenvalue weighted by Crippen LogP contribution is 2.34. The van der Waals surface area contributed by atoms with E-state index >= 15 is 0 Å². The van der Waals surface area contributed by atoms with Gasteiger partial charge in [0, 0.05) is 12.6 Å². The van der Waals surface area contributed by atoms with Gasteiger partial charge in [-0.25, -0.2) is 0 Å². The predicted molar refractivity (Wildman–Crippen MR) is 76.0 cm³/mol. The van der Waals surface area contributed by atoms with Crippen molar-refractivity contribution in [2.24, 2.45) is 5.92 Å². The minimum absolute atomic E-state index is 0.108. The molecule has 0 aromatic heterocycles. The number of hydrogen-bond acceptors (Lipinski definition) is 2. The molecule has 0 aliphatic heterocycles. The van der Waals surface area contributed by atoms with E-state index in [1.165, 1.54) is 19.3 Å². The van der Waals surface area contributed by atoms with Gasteiger partial charge in [0.05, 0.1) is 6.42 Å². The van der Waals surface area contributed by atoms with E-state index in [1.807, 2.05) is 24.3 Å². The summed E-state index contributed by atoms with van der Waals surface area (Å²) in [5.74, 6) is 0.157. The Labute approximate surface area is 115 Å². The molecule has 19 heavy (non-hydrogen) atoms. The fraction of sp³-hybridized carbons (Fsp3) is 0.562. The summed E-state index contributed by atoms with van der Waals surface area (Å²) in [6.07, 6.45) is 5.27. The molecule has 1 aliphatic carbocycles. The Morgan fingerprint density at radius 1 is 1.37 bits per heavy atom. The number of carbonyl (C=O) groups is 1. The van der Waals surface area contributed by atoms with Crippen LogP contribution in [0.2, 0.25) is 0 Å². The van der Waals surface area contributed by atoms with E-state index in [1.54, 1.807) is 0 Å². The predicted octanol–water partition coefficient (Wildman–Crippen LogP) is 2.98. The van der Waals surface area contributed by atoms with Crippen LogP contribution in [0.4, 0.5) is 0 Å². The minimum Gasteiger partial charge on any atom is -0.481 e. The van der Waals surface area contributed by atoms with E-state index in [2.05, 4.69) is 12.2 Å². The van der Waals surface area contributed by atoms with Crippen LogP contribution in [-0.4, -0.2) is 17.1 Å². The van der Waals surface area contributed by atoms with E-state index in [9.17, 15) is 4.79 Å². The summed E-state index contributed by atoms with van der Waals surface area (Å²) in [6.45, 7) is 2.98. The SMILES string of the molecule is CCC(CC1CC1)NCc1ccccc1CC(=O)O. The van der Waals surface area contributed by atoms with Gasteiger partial charge in [-0.3, -0.25) is 4.79 Å². The van der Waals surface area contributed by atoms with Crippen LogP contribution >= 0.6 is 0 Å². The lowest BCUT2D eigenvalue weighted by Crippen LogP contribution is -2.29. The lowest BCUT2D eigenvalue weighted by Gasteiger charge is -2.18. The lowest BCUT2D eigenvalue weighted by atomic mass is 10.0. The molecule has 1 fully saturated rings. The smallest absolute Gasteiger partial charge is 0.307 e. The molecule has 104 valence electrons. The third kappa shape index (κ3) is 4.67. The fourth-order valence-corrected chi connectivity index (χ4v) is 2.47. The first-order valence-corrected chi connectivity index (χ1v) is 7.21. The first-order chi connectivity index (χ1) is 9.19. The molecule has 0 radical (unpaired) electrons. The van der Waals surface area contributed by atoms with Gasteiger partial charge in [0.1, 0.15) is 0 Å². The summed E-state index contributed by atoms with van der Waals surface area (Å²) in [7, 11) is 0. The van der Waals surface area contributed by atoms with Crippen LogP contribution in [0, 0.1) is 5.92 Å². The molecule has 1 atom stereocenters. The molecule has 3 nitrogen and oxygen atoms in total. The monoisotopic (exact) mass is 261 g/mol. The average molecular weight is 261 g/mol. The highest BCUT2D eigenvalue weighted by molar-refractivity contribution is 5.70. The molecule has 2 rings (SSSR count). The third-order valence-electron chi connectivity index (χ3n) is 3.85. The Morgan fingerprint density at radius 3 is 2.63 bits per heavy atom. The molecule has 1 unspecified atom stereocenters. The van der Waals surface area contributed by atoms with Gasteiger partial charge in [0.25, 0.3) is 0 Å². The largest absolute Gasteiger partial charge is 0.481 e. The fourth-order valence-electron chi connectivity index (χ4n) is 2.47. The second-order valence-corrected chi connectivity index (χ2v) is 5.50. The zero-order valence-corrected chi connectivity index (χ0v) is 11.6. The van der Waals surface area contributed by atoms with Crippen LogP contribution < -0.4 is 5.32 Å². The number of nitrogens with one attached hydrogen (secondary N) is 1. The molecule has 1 aliphatic rings. The van der Waals surface area contributed by atoms with E-state index in [0.29, 0.717) is 6.04 Å². The second-order valence-electron chi connectivity index (χ2n) is 5.50. The molecule has 0 heterocycles. The Hall–Kier alpha value is -1.35. The second kappa shape index (κ2) is 6.71. The zero-order valence-electron chi connectivity index (χ0n) is 11.6. The summed E-state index contributed by atoms with van der Waals surface area (Å²) in [6, 6.07) is 8.38. The summed E-state index contributed by atoms with van der Waals surface area (Å²) in [5, 5.41) is 12.5. The number of carboxylic acid groups (broad SMARTS) is 1. The first kappa shape index (κ1) is 14.1. The highest BCUT2D eigenvalue weighted by atomic mass is 16.4. The third-order valence-corrected chi connectivity index (χ3v) is 3.85. The standard InChI is InChI=1S/C16H23NO2/c1-2-15(9-12-7-8-12)17-11-14-6-4-3-5-13(14)10-16(18)19/h3-6,12,15,17H,2,7-11H2,1H3,(H,18,19). The van der Waals surface area contributed by atoms with Crippen LogP contribution in [0.3, 0.4) is 0 Å². The zero-order chi connectivity index (χ0) is 13.7. The highest BCUT2D eigenvalue weighted by Gasteiger charge is 2.24. The number of hydrogen-bond donors (Lipinski definition) is 2. The first-order valence-electron chi connectivity index (χ1n) is 7.21. The average Bonchev–Trinajstić information content (AvgIpc) is 3.19. The maximum absolute atomic E-state index is 10.8. The van der Waals surface area contributed by atoms with E-state index in [0.717, 1.165) is 30.0 Å². The van der Waals surface area contributed by atoms with Gasteiger partial charge in [-0.15, -0.1) is 0 Å². The number of carboxylic acids is 1. The van der Waals surface area contributed by atoms with Gasteiger partial charge in [0.2, 0.25) is 0 Å². The van der Waals surface area contributed by atoms with Crippen LogP contribution in [0.15, 0.2) is 24.3 Å². The van der Waals surface area contributed by atoms with E-state index in [-0.39, 0.29) is 6.42 Å². The summed E-state index contributed by atoms with van der Waals surface area (Å²) in [4.78, 5) is 10.8. The van der Waals surface area contributed by atoms with E-state index in [4.69, 9.17) is 5.11 Å². The van der Waals surface area contributed by atoms with Gasteiger partial charge < -0.3 is 10.4 Å². The van der Waals surface area contributed by atoms with Crippen LogP contribution in [-0.2, 0) is 17.8 Å². The van der Waals surface area contributed by atoms with Crippen molar-refractivity contribution in [1.82, 2.24) is 5.32 Å². The molecule has 0 saturated heterocycles. The summed E-state index contributed by atoms with van der Waals surface area (Å²) in [5.41, 5.74) is 2.03. The van der Waals surface area contributed by atoms with Crippen molar-refractivity contribution < 1.29 is 9.90 Å². The maximum Gasteiger partial charge on any atom is 0.307 e. The maximum atomic E-state index is 10.8. The molecule has 0 bridgehead atoms. The number of aliphatic carboxylic acids is 1. The normalized spacial score (nSPS) is 16.3.